The van der Waals surface area contributed by atoms with E-state index in [2.05, 4.69) is 5.32 Å². The van der Waals surface area contributed by atoms with Crippen LogP contribution in [0.3, 0.4) is 0 Å². The molecule has 1 aromatic carbocycles. The minimum absolute atomic E-state index is 0.193. The van der Waals surface area contributed by atoms with Crippen molar-refractivity contribution in [1.82, 2.24) is 0 Å². The maximum Gasteiger partial charge on any atom is 0.167 e. The van der Waals surface area contributed by atoms with E-state index in [1.165, 1.54) is 0 Å². The number of benzene rings is 1. The van der Waals surface area contributed by atoms with Gasteiger partial charge in [0.15, 0.2) is 5.78 Å². The lowest BCUT2D eigenvalue weighted by Crippen LogP contribution is -2.19. The molecule has 3 heteroatoms. The van der Waals surface area contributed by atoms with Gasteiger partial charge in [-0.2, -0.15) is 0 Å². The molecular formula is C11H12ClNO. The largest absolute Gasteiger partial charge is 0.384 e. The molecule has 0 atom stereocenters. The number of ketones is 1. The smallest absolute Gasteiger partial charge is 0.167 e. The van der Waals surface area contributed by atoms with E-state index in [0.29, 0.717) is 11.4 Å². The first kappa shape index (κ1) is 9.53. The van der Waals surface area contributed by atoms with Crippen molar-refractivity contribution in [3.05, 3.63) is 27.8 Å². The van der Waals surface area contributed by atoms with Crippen molar-refractivity contribution >= 4 is 23.1 Å². The average Bonchev–Trinajstić information content (AvgIpc) is 2.14. The summed E-state index contributed by atoms with van der Waals surface area (Å²) >= 11 is 6.10. The second kappa shape index (κ2) is 3.28. The van der Waals surface area contributed by atoms with Crippen LogP contribution in [0.2, 0.25) is 5.02 Å². The van der Waals surface area contributed by atoms with Crippen molar-refractivity contribution in [2.75, 3.05) is 11.9 Å². The van der Waals surface area contributed by atoms with Gasteiger partial charge in [-0.1, -0.05) is 11.6 Å². The molecule has 0 unspecified atom stereocenters. The van der Waals surface area contributed by atoms with Gasteiger partial charge in [-0.3, -0.25) is 4.79 Å². The normalized spacial score (nSPS) is 14.9. The number of hydrogen-bond donors (Lipinski definition) is 1. The van der Waals surface area contributed by atoms with Crippen LogP contribution in [0.4, 0.5) is 5.69 Å². The summed E-state index contributed by atoms with van der Waals surface area (Å²) in [5, 5.41) is 3.93. The SMILES string of the molecule is Cc1cc2c(c(C)c1Cl)C(=O)CCN2. The molecule has 1 aromatic rings. The van der Waals surface area contributed by atoms with Crippen LogP contribution in [0.5, 0.6) is 0 Å². The molecule has 2 nitrogen and oxygen atoms in total. The number of aryl methyl sites for hydroxylation is 1. The van der Waals surface area contributed by atoms with Gasteiger partial charge in [-0.15, -0.1) is 0 Å². The van der Waals surface area contributed by atoms with E-state index in [1.54, 1.807) is 0 Å². The number of carbonyl (C=O) groups excluding carboxylic acids is 1. The molecule has 0 spiro atoms. The number of rotatable bonds is 0. The van der Waals surface area contributed by atoms with Crippen LogP contribution in [-0.2, 0) is 0 Å². The summed E-state index contributed by atoms with van der Waals surface area (Å²) in [6, 6.07) is 1.95. The lowest BCUT2D eigenvalue weighted by atomic mass is 9.95. The standard InChI is InChI=1S/C11H12ClNO/c1-6-5-8-10(7(2)11(6)12)9(14)3-4-13-8/h5,13H,3-4H2,1-2H3. The summed E-state index contributed by atoms with van der Waals surface area (Å²) in [6.45, 7) is 4.59. The molecule has 1 aliphatic rings. The molecule has 1 N–H and O–H groups in total. The van der Waals surface area contributed by atoms with Crippen LogP contribution in [0.25, 0.3) is 0 Å². The molecule has 0 saturated carbocycles. The molecule has 0 radical (unpaired) electrons. The van der Waals surface area contributed by atoms with Gasteiger partial charge in [0, 0.05) is 29.2 Å². The third kappa shape index (κ3) is 1.30. The number of hydrogen-bond acceptors (Lipinski definition) is 2. The monoisotopic (exact) mass is 209 g/mol. The second-order valence-corrected chi connectivity index (χ2v) is 4.03. The number of halogens is 1. The quantitative estimate of drug-likeness (QED) is 0.712. The third-order valence-corrected chi connectivity index (χ3v) is 3.21. The zero-order valence-corrected chi connectivity index (χ0v) is 9.03. The second-order valence-electron chi connectivity index (χ2n) is 3.65. The van der Waals surface area contributed by atoms with E-state index < -0.39 is 0 Å². The van der Waals surface area contributed by atoms with Crippen LogP contribution in [0.1, 0.15) is 27.9 Å². The van der Waals surface area contributed by atoms with E-state index in [0.717, 1.165) is 28.9 Å². The van der Waals surface area contributed by atoms with Crippen molar-refractivity contribution in [2.45, 2.75) is 20.3 Å². The molecule has 0 fully saturated rings. The van der Waals surface area contributed by atoms with Gasteiger partial charge in [0.25, 0.3) is 0 Å². The third-order valence-electron chi connectivity index (χ3n) is 2.63. The van der Waals surface area contributed by atoms with Gasteiger partial charge < -0.3 is 5.32 Å². The van der Waals surface area contributed by atoms with E-state index in [-0.39, 0.29) is 5.78 Å². The Morgan fingerprint density at radius 1 is 1.43 bits per heavy atom. The molecule has 1 heterocycles. The maximum atomic E-state index is 11.7. The topological polar surface area (TPSA) is 29.1 Å². The highest BCUT2D eigenvalue weighted by Crippen LogP contribution is 2.32. The Balaban J connectivity index is 2.70. The fourth-order valence-corrected chi connectivity index (χ4v) is 2.04. The Morgan fingerprint density at radius 3 is 2.86 bits per heavy atom. The zero-order valence-electron chi connectivity index (χ0n) is 8.28. The predicted molar refractivity (Wildman–Crippen MR) is 58.4 cm³/mol. The zero-order chi connectivity index (χ0) is 10.3. The minimum atomic E-state index is 0.193. The minimum Gasteiger partial charge on any atom is -0.384 e. The highest BCUT2D eigenvalue weighted by atomic mass is 35.5. The van der Waals surface area contributed by atoms with E-state index in [1.807, 2.05) is 19.9 Å². The first-order valence-corrected chi connectivity index (χ1v) is 5.06. The molecule has 0 saturated heterocycles. The molecule has 0 amide bonds. The Labute approximate surface area is 88.3 Å². The molecule has 0 bridgehead atoms. The lowest BCUT2D eigenvalue weighted by Gasteiger charge is -2.20. The summed E-state index contributed by atoms with van der Waals surface area (Å²) in [6.07, 6.45) is 0.563. The van der Waals surface area contributed by atoms with Crippen LogP contribution < -0.4 is 5.32 Å². The molecule has 2 rings (SSSR count). The Bertz CT molecular complexity index is 412. The Kier molecular flexibility index (Phi) is 2.23. The summed E-state index contributed by atoms with van der Waals surface area (Å²) in [5.74, 6) is 0.193. The summed E-state index contributed by atoms with van der Waals surface area (Å²) < 4.78 is 0. The van der Waals surface area contributed by atoms with Crippen molar-refractivity contribution in [2.24, 2.45) is 0 Å². The maximum absolute atomic E-state index is 11.7. The number of Topliss-reactive ketones (excluding diaryl/α,β-unsaturated/α-hetero) is 1. The fourth-order valence-electron chi connectivity index (χ4n) is 1.89. The van der Waals surface area contributed by atoms with Crippen molar-refractivity contribution in [3.63, 3.8) is 0 Å². The van der Waals surface area contributed by atoms with Crippen molar-refractivity contribution in [3.8, 4) is 0 Å². The molecule has 0 aliphatic carbocycles. The van der Waals surface area contributed by atoms with Crippen LogP contribution in [0, 0.1) is 13.8 Å². The first-order chi connectivity index (χ1) is 6.61. The first-order valence-electron chi connectivity index (χ1n) is 4.68. The van der Waals surface area contributed by atoms with Gasteiger partial charge >= 0.3 is 0 Å². The highest BCUT2D eigenvalue weighted by molar-refractivity contribution is 6.33. The number of nitrogens with one attached hydrogen (secondary N) is 1. The van der Waals surface area contributed by atoms with E-state index in [9.17, 15) is 4.79 Å². The molecular weight excluding hydrogens is 198 g/mol. The predicted octanol–water partition coefficient (Wildman–Crippen LogP) is 2.96. The van der Waals surface area contributed by atoms with Crippen molar-refractivity contribution < 1.29 is 4.79 Å². The van der Waals surface area contributed by atoms with Gasteiger partial charge in [-0.05, 0) is 31.0 Å². The fraction of sp³-hybridized carbons (Fsp3) is 0.364. The average molecular weight is 210 g/mol. The molecule has 14 heavy (non-hydrogen) atoms. The number of carbonyl (C=O) groups is 1. The number of anilines is 1. The van der Waals surface area contributed by atoms with Crippen LogP contribution in [0.15, 0.2) is 6.07 Å². The van der Waals surface area contributed by atoms with Gasteiger partial charge in [-0.25, -0.2) is 0 Å². The summed E-state index contributed by atoms with van der Waals surface area (Å²) in [7, 11) is 0. The molecule has 1 aliphatic heterocycles. The van der Waals surface area contributed by atoms with Crippen molar-refractivity contribution in [1.29, 1.82) is 0 Å². The van der Waals surface area contributed by atoms with E-state index >= 15 is 0 Å². The van der Waals surface area contributed by atoms with Gasteiger partial charge in [0.2, 0.25) is 0 Å². The Morgan fingerprint density at radius 2 is 2.14 bits per heavy atom. The van der Waals surface area contributed by atoms with Crippen LogP contribution >= 0.6 is 11.6 Å². The molecule has 0 aromatic heterocycles. The van der Waals surface area contributed by atoms with Gasteiger partial charge in [0.05, 0.1) is 0 Å². The van der Waals surface area contributed by atoms with Crippen LogP contribution in [-0.4, -0.2) is 12.3 Å². The number of fused-ring (bicyclic) bond motifs is 1. The van der Waals surface area contributed by atoms with Gasteiger partial charge in [0.1, 0.15) is 0 Å². The Hall–Kier alpha value is -1.02. The summed E-state index contributed by atoms with van der Waals surface area (Å²) in [4.78, 5) is 11.7. The highest BCUT2D eigenvalue weighted by Gasteiger charge is 2.21. The lowest BCUT2D eigenvalue weighted by molar-refractivity contribution is 0.0983. The summed E-state index contributed by atoms with van der Waals surface area (Å²) in [5.41, 5.74) is 3.62. The molecule has 74 valence electrons. The van der Waals surface area contributed by atoms with E-state index in [4.69, 9.17) is 11.6 Å².